The van der Waals surface area contributed by atoms with Gasteiger partial charge in [-0.25, -0.2) is 4.39 Å². The molecular weight excluding hydrogens is 251 g/mol. The highest BCUT2D eigenvalue weighted by atomic mass is 19.1. The third kappa shape index (κ3) is 6.47. The predicted octanol–water partition coefficient (Wildman–Crippen LogP) is 5.01. The van der Waals surface area contributed by atoms with Crippen LogP contribution in [0, 0.1) is 5.82 Å². The fraction of sp³-hybridized carbons (Fsp3) is 0.706. The second-order valence-electron chi connectivity index (χ2n) is 5.43. The summed E-state index contributed by atoms with van der Waals surface area (Å²) in [5.41, 5.74) is 0.578. The fourth-order valence-corrected chi connectivity index (χ4v) is 2.44. The summed E-state index contributed by atoms with van der Waals surface area (Å²) in [5.74, 6) is -0.188. The topological polar surface area (TPSA) is 24.9 Å². The van der Waals surface area contributed by atoms with Gasteiger partial charge in [0.25, 0.3) is 0 Å². The van der Waals surface area contributed by atoms with E-state index in [9.17, 15) is 4.39 Å². The van der Waals surface area contributed by atoms with E-state index in [0.29, 0.717) is 5.69 Å². The summed E-state index contributed by atoms with van der Waals surface area (Å²) in [4.78, 5) is 4.22. The summed E-state index contributed by atoms with van der Waals surface area (Å²) in [6.07, 6.45) is 11.3. The second kappa shape index (κ2) is 10.8. The zero-order valence-corrected chi connectivity index (χ0v) is 13.0. The lowest BCUT2D eigenvalue weighted by molar-refractivity contribution is 0.438. The average Bonchev–Trinajstić information content (AvgIpc) is 2.47. The van der Waals surface area contributed by atoms with Gasteiger partial charge in [0.05, 0.1) is 11.7 Å². The molecule has 1 atom stereocenters. The van der Waals surface area contributed by atoms with Crippen LogP contribution >= 0.6 is 0 Å². The highest BCUT2D eigenvalue weighted by Crippen LogP contribution is 2.21. The molecule has 1 aromatic heterocycles. The van der Waals surface area contributed by atoms with Gasteiger partial charge >= 0.3 is 0 Å². The molecule has 1 N–H and O–H groups in total. The molecule has 0 aromatic carbocycles. The Kier molecular flexibility index (Phi) is 9.22. The zero-order valence-electron chi connectivity index (χ0n) is 13.0. The van der Waals surface area contributed by atoms with Crippen molar-refractivity contribution in [2.75, 3.05) is 6.54 Å². The van der Waals surface area contributed by atoms with Crippen molar-refractivity contribution < 1.29 is 4.39 Å². The average molecular weight is 280 g/mol. The van der Waals surface area contributed by atoms with Crippen LogP contribution in [0.1, 0.15) is 76.9 Å². The van der Waals surface area contributed by atoms with Crippen LogP contribution in [-0.4, -0.2) is 11.5 Å². The molecule has 3 heteroatoms. The Bertz CT molecular complexity index is 355. The number of rotatable bonds is 11. The van der Waals surface area contributed by atoms with Gasteiger partial charge in [-0.1, -0.05) is 52.4 Å². The first-order valence-electron chi connectivity index (χ1n) is 8.13. The SMILES string of the molecule is CCCCCCCCC(NCCC)c1ncccc1F. The fourth-order valence-electron chi connectivity index (χ4n) is 2.44. The summed E-state index contributed by atoms with van der Waals surface area (Å²) < 4.78 is 13.8. The van der Waals surface area contributed by atoms with Crippen molar-refractivity contribution in [2.45, 2.75) is 71.3 Å². The van der Waals surface area contributed by atoms with E-state index >= 15 is 0 Å². The Morgan fingerprint density at radius 3 is 2.55 bits per heavy atom. The Morgan fingerprint density at radius 1 is 1.10 bits per heavy atom. The Morgan fingerprint density at radius 2 is 1.85 bits per heavy atom. The molecule has 2 nitrogen and oxygen atoms in total. The van der Waals surface area contributed by atoms with E-state index in [-0.39, 0.29) is 11.9 Å². The van der Waals surface area contributed by atoms with Crippen molar-refractivity contribution in [2.24, 2.45) is 0 Å². The standard InChI is InChI=1S/C17H29FN2/c1-3-5-6-7-8-9-12-16(19-13-4-2)17-15(18)11-10-14-20-17/h10-11,14,16,19H,3-9,12-13H2,1-2H3. The first-order chi connectivity index (χ1) is 9.79. The molecule has 0 spiro atoms. The Hall–Kier alpha value is -0.960. The van der Waals surface area contributed by atoms with Gasteiger partial charge in [-0.05, 0) is 31.5 Å². The quantitative estimate of drug-likeness (QED) is 0.576. The minimum atomic E-state index is -0.188. The second-order valence-corrected chi connectivity index (χ2v) is 5.43. The molecule has 0 saturated carbocycles. The van der Waals surface area contributed by atoms with Crippen LogP contribution in [0.5, 0.6) is 0 Å². The maximum atomic E-state index is 13.8. The summed E-state index contributed by atoms with van der Waals surface area (Å²) in [6, 6.07) is 3.22. The van der Waals surface area contributed by atoms with Gasteiger partial charge in [0.1, 0.15) is 5.82 Å². The van der Waals surface area contributed by atoms with Gasteiger partial charge in [-0.15, -0.1) is 0 Å². The highest BCUT2D eigenvalue weighted by molar-refractivity contribution is 5.11. The van der Waals surface area contributed by atoms with Gasteiger partial charge in [-0.3, -0.25) is 4.98 Å². The normalized spacial score (nSPS) is 12.6. The number of halogens is 1. The van der Waals surface area contributed by atoms with E-state index in [4.69, 9.17) is 0 Å². The van der Waals surface area contributed by atoms with Gasteiger partial charge in [0.15, 0.2) is 0 Å². The molecule has 0 saturated heterocycles. The molecule has 0 radical (unpaired) electrons. The number of nitrogens with one attached hydrogen (secondary N) is 1. The zero-order chi connectivity index (χ0) is 14.6. The third-order valence-electron chi connectivity index (χ3n) is 3.60. The number of hydrogen-bond donors (Lipinski definition) is 1. The van der Waals surface area contributed by atoms with Gasteiger partial charge in [0.2, 0.25) is 0 Å². The molecule has 0 aliphatic heterocycles. The molecule has 0 aliphatic carbocycles. The summed E-state index contributed by atoms with van der Waals surface area (Å²) in [5, 5.41) is 3.43. The lowest BCUT2D eigenvalue weighted by atomic mass is 10.0. The molecular formula is C17H29FN2. The van der Waals surface area contributed by atoms with E-state index < -0.39 is 0 Å². The molecule has 0 bridgehead atoms. The van der Waals surface area contributed by atoms with Crippen LogP contribution in [0.15, 0.2) is 18.3 Å². The van der Waals surface area contributed by atoms with Crippen LogP contribution in [0.3, 0.4) is 0 Å². The molecule has 0 amide bonds. The molecule has 1 unspecified atom stereocenters. The monoisotopic (exact) mass is 280 g/mol. The Labute approximate surface area is 123 Å². The number of aromatic nitrogens is 1. The van der Waals surface area contributed by atoms with E-state index in [1.54, 1.807) is 12.3 Å². The van der Waals surface area contributed by atoms with Gasteiger partial charge in [0, 0.05) is 6.20 Å². The lowest BCUT2D eigenvalue weighted by Gasteiger charge is -2.18. The van der Waals surface area contributed by atoms with Crippen LogP contribution in [-0.2, 0) is 0 Å². The summed E-state index contributed by atoms with van der Waals surface area (Å²) in [6.45, 7) is 5.27. The molecule has 0 aliphatic rings. The number of pyridine rings is 1. The summed E-state index contributed by atoms with van der Waals surface area (Å²) >= 11 is 0. The number of nitrogens with zero attached hydrogens (tertiary/aromatic N) is 1. The first kappa shape index (κ1) is 17.1. The smallest absolute Gasteiger partial charge is 0.146 e. The van der Waals surface area contributed by atoms with Crippen LogP contribution in [0.25, 0.3) is 0 Å². The molecule has 1 aromatic rings. The maximum Gasteiger partial charge on any atom is 0.146 e. The number of hydrogen-bond acceptors (Lipinski definition) is 2. The van der Waals surface area contributed by atoms with Gasteiger partial charge < -0.3 is 5.32 Å². The molecule has 1 rings (SSSR count). The van der Waals surface area contributed by atoms with E-state index in [2.05, 4.69) is 24.1 Å². The van der Waals surface area contributed by atoms with E-state index in [1.807, 2.05) is 0 Å². The van der Waals surface area contributed by atoms with E-state index in [0.717, 1.165) is 25.8 Å². The minimum absolute atomic E-state index is 0.0577. The maximum absolute atomic E-state index is 13.8. The van der Waals surface area contributed by atoms with Crippen LogP contribution in [0.4, 0.5) is 4.39 Å². The van der Waals surface area contributed by atoms with Crippen molar-refractivity contribution in [1.82, 2.24) is 10.3 Å². The first-order valence-corrected chi connectivity index (χ1v) is 8.13. The largest absolute Gasteiger partial charge is 0.309 e. The van der Waals surface area contributed by atoms with Crippen molar-refractivity contribution >= 4 is 0 Å². The molecule has 0 fully saturated rings. The lowest BCUT2D eigenvalue weighted by Crippen LogP contribution is -2.24. The summed E-state index contributed by atoms with van der Waals surface area (Å²) in [7, 11) is 0. The number of unbranched alkanes of at least 4 members (excludes halogenated alkanes) is 5. The van der Waals surface area contributed by atoms with Crippen molar-refractivity contribution in [3.63, 3.8) is 0 Å². The van der Waals surface area contributed by atoms with Gasteiger partial charge in [-0.2, -0.15) is 0 Å². The van der Waals surface area contributed by atoms with Crippen molar-refractivity contribution in [3.05, 3.63) is 29.8 Å². The van der Waals surface area contributed by atoms with Crippen LogP contribution < -0.4 is 5.32 Å². The van der Waals surface area contributed by atoms with E-state index in [1.165, 1.54) is 38.2 Å². The highest BCUT2D eigenvalue weighted by Gasteiger charge is 2.15. The van der Waals surface area contributed by atoms with Crippen molar-refractivity contribution in [1.29, 1.82) is 0 Å². The third-order valence-corrected chi connectivity index (χ3v) is 3.60. The molecule has 20 heavy (non-hydrogen) atoms. The predicted molar refractivity (Wildman–Crippen MR) is 83.2 cm³/mol. The van der Waals surface area contributed by atoms with Crippen LogP contribution in [0.2, 0.25) is 0 Å². The molecule has 1 heterocycles. The minimum Gasteiger partial charge on any atom is -0.309 e. The Balaban J connectivity index is 2.42. The van der Waals surface area contributed by atoms with Crippen molar-refractivity contribution in [3.8, 4) is 0 Å². The molecule has 114 valence electrons.